The number of hydrogen-bond acceptors (Lipinski definition) is 1. The lowest BCUT2D eigenvalue weighted by Gasteiger charge is -2.07. The fourth-order valence-corrected chi connectivity index (χ4v) is 1.47. The SMILES string of the molecule is Fc1ccccc1Nc1cccc(Cl)c1. The predicted molar refractivity (Wildman–Crippen MR) is 61.1 cm³/mol. The molecule has 0 fully saturated rings. The molecule has 0 bridgehead atoms. The molecule has 2 aromatic rings. The molecule has 0 heterocycles. The number of halogens is 2. The van der Waals surface area contributed by atoms with Crippen molar-refractivity contribution >= 4 is 23.0 Å². The van der Waals surface area contributed by atoms with Crippen LogP contribution in [0.4, 0.5) is 15.8 Å². The molecule has 15 heavy (non-hydrogen) atoms. The van der Waals surface area contributed by atoms with Crippen molar-refractivity contribution in [2.24, 2.45) is 0 Å². The summed E-state index contributed by atoms with van der Waals surface area (Å²) in [5.41, 5.74) is 1.22. The molecule has 0 aliphatic rings. The number of para-hydroxylation sites is 1. The Kier molecular flexibility index (Phi) is 2.88. The monoisotopic (exact) mass is 221 g/mol. The molecule has 76 valence electrons. The van der Waals surface area contributed by atoms with Gasteiger partial charge < -0.3 is 5.32 Å². The Balaban J connectivity index is 2.26. The number of hydrogen-bond donors (Lipinski definition) is 1. The molecule has 0 saturated heterocycles. The van der Waals surface area contributed by atoms with Crippen molar-refractivity contribution < 1.29 is 4.39 Å². The Labute approximate surface area is 92.5 Å². The minimum absolute atomic E-state index is 0.280. The molecule has 2 rings (SSSR count). The summed E-state index contributed by atoms with van der Waals surface area (Å²) in [6, 6.07) is 13.7. The highest BCUT2D eigenvalue weighted by Crippen LogP contribution is 2.21. The molecule has 1 nitrogen and oxygen atoms in total. The van der Waals surface area contributed by atoms with E-state index in [2.05, 4.69) is 5.32 Å². The lowest BCUT2D eigenvalue weighted by atomic mass is 10.2. The summed E-state index contributed by atoms with van der Waals surface area (Å²) in [6.07, 6.45) is 0. The lowest BCUT2D eigenvalue weighted by Crippen LogP contribution is -1.92. The van der Waals surface area contributed by atoms with Crippen LogP contribution in [0.3, 0.4) is 0 Å². The molecule has 0 spiro atoms. The van der Waals surface area contributed by atoms with Gasteiger partial charge >= 0.3 is 0 Å². The molecule has 0 radical (unpaired) electrons. The topological polar surface area (TPSA) is 12.0 Å². The van der Waals surface area contributed by atoms with E-state index in [1.54, 1.807) is 30.3 Å². The molecule has 0 aliphatic heterocycles. The smallest absolute Gasteiger partial charge is 0.146 e. The number of benzene rings is 2. The second kappa shape index (κ2) is 4.32. The maximum atomic E-state index is 13.3. The van der Waals surface area contributed by atoms with Gasteiger partial charge in [0, 0.05) is 10.7 Å². The summed E-state index contributed by atoms with van der Waals surface area (Å²) in [4.78, 5) is 0. The lowest BCUT2D eigenvalue weighted by molar-refractivity contribution is 0.632. The summed E-state index contributed by atoms with van der Waals surface area (Å²) >= 11 is 5.82. The molecule has 0 saturated carbocycles. The van der Waals surface area contributed by atoms with Crippen molar-refractivity contribution in [3.63, 3.8) is 0 Å². The maximum Gasteiger partial charge on any atom is 0.146 e. The summed E-state index contributed by atoms with van der Waals surface area (Å²) in [5.74, 6) is -0.280. The van der Waals surface area contributed by atoms with Crippen molar-refractivity contribution in [1.82, 2.24) is 0 Å². The van der Waals surface area contributed by atoms with Gasteiger partial charge in [-0.3, -0.25) is 0 Å². The van der Waals surface area contributed by atoms with Crippen molar-refractivity contribution in [3.8, 4) is 0 Å². The zero-order valence-corrected chi connectivity index (χ0v) is 8.63. The van der Waals surface area contributed by atoms with E-state index in [1.807, 2.05) is 12.1 Å². The Morgan fingerprint density at radius 3 is 2.53 bits per heavy atom. The van der Waals surface area contributed by atoms with Gasteiger partial charge in [-0.2, -0.15) is 0 Å². The molecule has 3 heteroatoms. The van der Waals surface area contributed by atoms with Crippen LogP contribution in [0.5, 0.6) is 0 Å². The van der Waals surface area contributed by atoms with Crippen molar-refractivity contribution in [3.05, 3.63) is 59.4 Å². The van der Waals surface area contributed by atoms with Gasteiger partial charge in [-0.25, -0.2) is 4.39 Å². The Morgan fingerprint density at radius 2 is 1.80 bits per heavy atom. The van der Waals surface area contributed by atoms with Crippen LogP contribution in [0.15, 0.2) is 48.5 Å². The summed E-state index contributed by atoms with van der Waals surface area (Å²) < 4.78 is 13.3. The van der Waals surface area contributed by atoms with Crippen LogP contribution in [-0.2, 0) is 0 Å². The molecular weight excluding hydrogens is 213 g/mol. The van der Waals surface area contributed by atoms with Gasteiger partial charge in [0.25, 0.3) is 0 Å². The standard InChI is InChI=1S/C12H9ClFN/c13-9-4-3-5-10(8-9)15-12-7-2-1-6-11(12)14/h1-8,15H. The van der Waals surface area contributed by atoms with E-state index >= 15 is 0 Å². The van der Waals surface area contributed by atoms with E-state index in [0.717, 1.165) is 5.69 Å². The predicted octanol–water partition coefficient (Wildman–Crippen LogP) is 4.22. The molecular formula is C12H9ClFN. The highest BCUT2D eigenvalue weighted by atomic mass is 35.5. The largest absolute Gasteiger partial charge is 0.353 e. The highest BCUT2D eigenvalue weighted by Gasteiger charge is 2.00. The van der Waals surface area contributed by atoms with Crippen LogP contribution >= 0.6 is 11.6 Å². The van der Waals surface area contributed by atoms with E-state index < -0.39 is 0 Å². The fourth-order valence-electron chi connectivity index (χ4n) is 1.28. The quantitative estimate of drug-likeness (QED) is 0.801. The number of nitrogens with one attached hydrogen (secondary N) is 1. The van der Waals surface area contributed by atoms with Crippen LogP contribution in [0, 0.1) is 5.82 Å². The minimum Gasteiger partial charge on any atom is -0.353 e. The second-order valence-corrected chi connectivity index (χ2v) is 3.55. The molecule has 0 aromatic heterocycles. The van der Waals surface area contributed by atoms with E-state index in [1.165, 1.54) is 6.07 Å². The number of anilines is 2. The Bertz CT molecular complexity index is 471. The third kappa shape index (κ3) is 2.48. The van der Waals surface area contributed by atoms with E-state index in [-0.39, 0.29) is 5.82 Å². The van der Waals surface area contributed by atoms with Crippen molar-refractivity contribution in [2.45, 2.75) is 0 Å². The van der Waals surface area contributed by atoms with Crippen LogP contribution in [0.25, 0.3) is 0 Å². The van der Waals surface area contributed by atoms with Crippen LogP contribution in [-0.4, -0.2) is 0 Å². The highest BCUT2D eigenvalue weighted by molar-refractivity contribution is 6.30. The van der Waals surface area contributed by atoms with Gasteiger partial charge in [-0.1, -0.05) is 29.8 Å². The zero-order chi connectivity index (χ0) is 10.7. The summed E-state index contributed by atoms with van der Waals surface area (Å²) in [6.45, 7) is 0. The van der Waals surface area contributed by atoms with Crippen LogP contribution in [0.2, 0.25) is 5.02 Å². The van der Waals surface area contributed by atoms with Gasteiger partial charge in [-0.15, -0.1) is 0 Å². The van der Waals surface area contributed by atoms with Gasteiger partial charge in [-0.05, 0) is 30.3 Å². The van der Waals surface area contributed by atoms with E-state index in [4.69, 9.17) is 11.6 Å². The average Bonchev–Trinajstić information content (AvgIpc) is 2.22. The molecule has 0 aliphatic carbocycles. The van der Waals surface area contributed by atoms with Crippen molar-refractivity contribution in [1.29, 1.82) is 0 Å². The fraction of sp³-hybridized carbons (Fsp3) is 0. The average molecular weight is 222 g/mol. The molecule has 0 unspecified atom stereocenters. The van der Waals surface area contributed by atoms with Crippen LogP contribution in [0.1, 0.15) is 0 Å². The van der Waals surface area contributed by atoms with Crippen LogP contribution < -0.4 is 5.32 Å². The first-order valence-electron chi connectivity index (χ1n) is 4.53. The van der Waals surface area contributed by atoms with Crippen molar-refractivity contribution in [2.75, 3.05) is 5.32 Å². The van der Waals surface area contributed by atoms with E-state index in [9.17, 15) is 4.39 Å². The first-order chi connectivity index (χ1) is 7.25. The normalized spacial score (nSPS) is 10.0. The first-order valence-corrected chi connectivity index (χ1v) is 4.90. The van der Waals surface area contributed by atoms with Gasteiger partial charge in [0.1, 0.15) is 5.82 Å². The number of rotatable bonds is 2. The third-order valence-corrected chi connectivity index (χ3v) is 2.21. The molecule has 2 aromatic carbocycles. The molecule has 0 atom stereocenters. The third-order valence-electron chi connectivity index (χ3n) is 1.98. The molecule has 1 N–H and O–H groups in total. The first kappa shape index (κ1) is 9.99. The second-order valence-electron chi connectivity index (χ2n) is 3.12. The summed E-state index contributed by atoms with van der Waals surface area (Å²) in [7, 11) is 0. The van der Waals surface area contributed by atoms with E-state index in [0.29, 0.717) is 10.7 Å². The summed E-state index contributed by atoms with van der Waals surface area (Å²) in [5, 5.41) is 3.58. The molecule has 0 amide bonds. The van der Waals surface area contributed by atoms with Gasteiger partial charge in [0.2, 0.25) is 0 Å². The maximum absolute atomic E-state index is 13.3. The van der Waals surface area contributed by atoms with Gasteiger partial charge in [0.15, 0.2) is 0 Å². The minimum atomic E-state index is -0.280. The van der Waals surface area contributed by atoms with Gasteiger partial charge in [0.05, 0.1) is 5.69 Å². The Morgan fingerprint density at radius 1 is 1.00 bits per heavy atom. The zero-order valence-electron chi connectivity index (χ0n) is 7.87. The Hall–Kier alpha value is -1.54.